The van der Waals surface area contributed by atoms with Gasteiger partial charge in [0.25, 0.3) is 11.8 Å². The van der Waals surface area contributed by atoms with Gasteiger partial charge < -0.3 is 15.3 Å². The summed E-state index contributed by atoms with van der Waals surface area (Å²) in [7, 11) is 0. The molecule has 6 nitrogen and oxygen atoms in total. The van der Waals surface area contributed by atoms with Crippen LogP contribution >= 0.6 is 49.9 Å². The van der Waals surface area contributed by atoms with Crippen LogP contribution in [0.5, 0.6) is 0 Å². The number of aliphatic carboxylic acids is 1. The minimum atomic E-state index is -1.33. The van der Waals surface area contributed by atoms with Crippen LogP contribution in [0.25, 0.3) is 0 Å². The second-order valence-electron chi connectivity index (χ2n) is 6.61. The number of carbonyl (C=O) groups is 3. The lowest BCUT2D eigenvalue weighted by atomic mass is 10.0. The molecule has 0 radical (unpaired) electrons. The van der Waals surface area contributed by atoms with Gasteiger partial charge in [0.2, 0.25) is 0 Å². The normalized spacial score (nSPS) is 17.1. The van der Waals surface area contributed by atoms with Crippen LogP contribution in [-0.2, 0) is 9.59 Å². The third kappa shape index (κ3) is 3.88. The minimum Gasteiger partial charge on any atom is -0.479 e. The Kier molecular flexibility index (Phi) is 5.94. The Bertz CT molecular complexity index is 1150. The maximum absolute atomic E-state index is 13.7. The molecule has 2 aromatic carbocycles. The SMILES string of the molecule is O=C(O)C(c1ccccc1)N1C(=O)c2cc(I)ccc2NC(=O)C1c1cc(Br)cs1. The van der Waals surface area contributed by atoms with Crippen LogP contribution in [0, 0.1) is 3.57 Å². The Morgan fingerprint density at radius 2 is 1.90 bits per heavy atom. The van der Waals surface area contributed by atoms with Crippen LogP contribution in [-0.4, -0.2) is 27.8 Å². The molecule has 2 N–H and O–H groups in total. The number of benzene rings is 2. The highest BCUT2D eigenvalue weighted by atomic mass is 127. The monoisotopic (exact) mass is 596 g/mol. The summed E-state index contributed by atoms with van der Waals surface area (Å²) in [6.45, 7) is 0. The van der Waals surface area contributed by atoms with E-state index >= 15 is 0 Å². The van der Waals surface area contributed by atoms with E-state index < -0.39 is 29.9 Å². The van der Waals surface area contributed by atoms with Crippen LogP contribution < -0.4 is 5.32 Å². The van der Waals surface area contributed by atoms with Crippen molar-refractivity contribution in [1.29, 1.82) is 0 Å². The molecule has 2 heterocycles. The number of carboxylic acids is 1. The first-order valence-electron chi connectivity index (χ1n) is 8.81. The lowest BCUT2D eigenvalue weighted by Gasteiger charge is -2.33. The number of halogens is 2. The Morgan fingerprint density at radius 1 is 1.17 bits per heavy atom. The third-order valence-electron chi connectivity index (χ3n) is 4.72. The Hall–Kier alpha value is -2.24. The first kappa shape index (κ1) is 21.0. The number of hydrogen-bond acceptors (Lipinski definition) is 4. The van der Waals surface area contributed by atoms with E-state index in [0.717, 1.165) is 8.04 Å². The van der Waals surface area contributed by atoms with Crippen molar-refractivity contribution in [2.75, 3.05) is 5.32 Å². The van der Waals surface area contributed by atoms with Crippen LogP contribution in [0.3, 0.4) is 0 Å². The van der Waals surface area contributed by atoms with E-state index in [9.17, 15) is 19.5 Å². The Balaban J connectivity index is 1.96. The van der Waals surface area contributed by atoms with Crippen LogP contribution in [0.1, 0.15) is 32.9 Å². The molecule has 0 saturated heterocycles. The van der Waals surface area contributed by atoms with Crippen molar-refractivity contribution in [3.8, 4) is 0 Å². The summed E-state index contributed by atoms with van der Waals surface area (Å²) in [5.41, 5.74) is 1.04. The summed E-state index contributed by atoms with van der Waals surface area (Å²) in [5.74, 6) is -2.19. The third-order valence-corrected chi connectivity index (χ3v) is 7.13. The molecular formula is C21H14BrIN2O4S. The molecule has 0 fully saturated rings. The van der Waals surface area contributed by atoms with E-state index in [2.05, 4.69) is 43.8 Å². The Labute approximate surface area is 198 Å². The smallest absolute Gasteiger partial charge is 0.331 e. The molecule has 9 heteroatoms. The summed E-state index contributed by atoms with van der Waals surface area (Å²) in [4.78, 5) is 41.1. The topological polar surface area (TPSA) is 86.7 Å². The first-order chi connectivity index (χ1) is 14.4. The van der Waals surface area contributed by atoms with Crippen LogP contribution in [0.15, 0.2) is 64.5 Å². The second-order valence-corrected chi connectivity index (χ2v) is 9.72. The van der Waals surface area contributed by atoms with Gasteiger partial charge in [0.15, 0.2) is 6.04 Å². The van der Waals surface area contributed by atoms with Crippen LogP contribution in [0.4, 0.5) is 5.69 Å². The van der Waals surface area contributed by atoms with Gasteiger partial charge in [-0.25, -0.2) is 4.79 Å². The van der Waals surface area contributed by atoms with Crippen molar-refractivity contribution in [3.05, 3.63) is 84.0 Å². The molecule has 0 aliphatic carbocycles. The molecule has 30 heavy (non-hydrogen) atoms. The first-order valence-corrected chi connectivity index (χ1v) is 11.6. The highest BCUT2D eigenvalue weighted by molar-refractivity contribution is 14.1. The van der Waals surface area contributed by atoms with Gasteiger partial charge in [-0.2, -0.15) is 0 Å². The van der Waals surface area contributed by atoms with Gasteiger partial charge >= 0.3 is 5.97 Å². The lowest BCUT2D eigenvalue weighted by molar-refractivity contribution is -0.144. The number of nitrogens with zero attached hydrogens (tertiary/aromatic N) is 1. The second kappa shape index (κ2) is 8.48. The van der Waals surface area contributed by atoms with Gasteiger partial charge in [-0.3, -0.25) is 9.59 Å². The number of carboxylic acid groups (broad SMARTS) is 1. The fraction of sp³-hybridized carbons (Fsp3) is 0.0952. The molecular weight excluding hydrogens is 583 g/mol. The van der Waals surface area contributed by atoms with Crippen molar-refractivity contribution >= 4 is 73.3 Å². The number of amides is 2. The highest BCUT2D eigenvalue weighted by Crippen LogP contribution is 2.40. The van der Waals surface area contributed by atoms with Gasteiger partial charge in [-0.1, -0.05) is 30.3 Å². The van der Waals surface area contributed by atoms with E-state index in [0.29, 0.717) is 16.1 Å². The van der Waals surface area contributed by atoms with Crippen molar-refractivity contribution in [2.24, 2.45) is 0 Å². The number of anilines is 1. The van der Waals surface area contributed by atoms with Gasteiger partial charge in [-0.05, 0) is 68.3 Å². The maximum Gasteiger partial charge on any atom is 0.331 e. The number of hydrogen-bond donors (Lipinski definition) is 2. The summed E-state index contributed by atoms with van der Waals surface area (Å²) >= 11 is 6.74. The van der Waals surface area contributed by atoms with Crippen molar-refractivity contribution in [3.63, 3.8) is 0 Å². The molecule has 0 saturated carbocycles. The quantitative estimate of drug-likeness (QED) is 0.412. The zero-order valence-electron chi connectivity index (χ0n) is 15.2. The van der Waals surface area contributed by atoms with Crippen molar-refractivity contribution in [2.45, 2.75) is 12.1 Å². The molecule has 1 aromatic heterocycles. The molecule has 0 spiro atoms. The zero-order valence-corrected chi connectivity index (χ0v) is 19.8. The summed E-state index contributed by atoms with van der Waals surface area (Å²) in [6.07, 6.45) is 0. The number of rotatable bonds is 4. The zero-order chi connectivity index (χ0) is 21.4. The number of fused-ring (bicyclic) bond motifs is 1. The fourth-order valence-electron chi connectivity index (χ4n) is 3.45. The average molecular weight is 597 g/mol. The summed E-state index contributed by atoms with van der Waals surface area (Å²) in [6, 6.07) is 12.9. The molecule has 2 atom stereocenters. The number of nitrogens with one attached hydrogen (secondary N) is 1. The number of carbonyl (C=O) groups excluding carboxylic acids is 2. The van der Waals surface area contributed by atoms with E-state index in [1.807, 2.05) is 0 Å². The largest absolute Gasteiger partial charge is 0.479 e. The number of thiophene rings is 1. The predicted molar refractivity (Wildman–Crippen MR) is 126 cm³/mol. The molecule has 2 amide bonds. The lowest BCUT2D eigenvalue weighted by Crippen LogP contribution is -2.44. The van der Waals surface area contributed by atoms with E-state index in [1.165, 1.54) is 16.2 Å². The van der Waals surface area contributed by atoms with E-state index in [1.54, 1.807) is 60.0 Å². The highest BCUT2D eigenvalue weighted by Gasteiger charge is 2.44. The summed E-state index contributed by atoms with van der Waals surface area (Å²) in [5, 5.41) is 14.7. The van der Waals surface area contributed by atoms with E-state index in [4.69, 9.17) is 0 Å². The molecule has 1 aliphatic heterocycles. The predicted octanol–water partition coefficient (Wildman–Crippen LogP) is 5.08. The standard InChI is InChI=1S/C21H14BrIN2O4S/c22-12-8-16(30-10-12)18-19(26)24-15-7-6-13(23)9-14(15)20(27)25(18)17(21(28)29)11-4-2-1-3-5-11/h1-10,17-18H,(H,24,26)(H,28,29). The van der Waals surface area contributed by atoms with Gasteiger partial charge in [-0.15, -0.1) is 11.3 Å². The molecule has 3 aromatic rings. The van der Waals surface area contributed by atoms with E-state index in [-0.39, 0.29) is 5.56 Å². The van der Waals surface area contributed by atoms with Gasteiger partial charge in [0, 0.05) is 18.3 Å². The van der Waals surface area contributed by atoms with Crippen molar-refractivity contribution < 1.29 is 19.5 Å². The van der Waals surface area contributed by atoms with Crippen LogP contribution in [0.2, 0.25) is 0 Å². The minimum absolute atomic E-state index is 0.260. The maximum atomic E-state index is 13.7. The van der Waals surface area contributed by atoms with Gasteiger partial charge in [0.1, 0.15) is 6.04 Å². The summed E-state index contributed by atoms with van der Waals surface area (Å²) < 4.78 is 1.56. The van der Waals surface area contributed by atoms with Crippen molar-refractivity contribution in [1.82, 2.24) is 4.90 Å². The van der Waals surface area contributed by atoms with Gasteiger partial charge in [0.05, 0.1) is 11.3 Å². The molecule has 152 valence electrons. The molecule has 2 unspecified atom stereocenters. The molecule has 4 rings (SSSR count). The Morgan fingerprint density at radius 3 is 2.53 bits per heavy atom. The average Bonchev–Trinajstić information content (AvgIpc) is 3.10. The fourth-order valence-corrected chi connectivity index (χ4v) is 5.48. The molecule has 0 bridgehead atoms. The molecule has 1 aliphatic rings.